The highest BCUT2D eigenvalue weighted by Crippen LogP contribution is 2.20. The van der Waals surface area contributed by atoms with Crippen molar-refractivity contribution in [3.63, 3.8) is 0 Å². The number of carboxylic acids is 1. The summed E-state index contributed by atoms with van der Waals surface area (Å²) in [6.45, 7) is 1.79. The number of ether oxygens (including phenoxy) is 1. The summed E-state index contributed by atoms with van der Waals surface area (Å²) in [7, 11) is 0. The zero-order valence-corrected chi connectivity index (χ0v) is 15.8. The lowest BCUT2D eigenvalue weighted by Gasteiger charge is -2.18. The Morgan fingerprint density at radius 2 is 2.00 bits per heavy atom. The smallest absolute Gasteiger partial charge is 0.304 e. The number of para-hydroxylation sites is 1. The van der Waals surface area contributed by atoms with Crippen LogP contribution in [-0.2, 0) is 15.3 Å². The molecule has 1 amide bonds. The summed E-state index contributed by atoms with van der Waals surface area (Å²) in [5.41, 5.74) is 1.60. The van der Waals surface area contributed by atoms with E-state index in [1.165, 1.54) is 23.9 Å². The number of carbonyl (C=O) groups is 2. The Kier molecular flexibility index (Phi) is 8.13. The van der Waals surface area contributed by atoms with Gasteiger partial charge in [-0.05, 0) is 36.2 Å². The first-order chi connectivity index (χ1) is 13.0. The Labute approximate surface area is 161 Å². The van der Waals surface area contributed by atoms with Crippen LogP contribution in [0.4, 0.5) is 10.1 Å². The summed E-state index contributed by atoms with van der Waals surface area (Å²) in [6, 6.07) is 13.3. The highest BCUT2D eigenvalue weighted by Gasteiger charge is 2.20. The van der Waals surface area contributed by atoms with E-state index in [2.05, 4.69) is 5.32 Å². The molecule has 0 saturated carbocycles. The highest BCUT2D eigenvalue weighted by molar-refractivity contribution is 7.98. The van der Waals surface area contributed by atoms with Crippen LogP contribution in [0, 0.1) is 5.82 Å². The van der Waals surface area contributed by atoms with Crippen molar-refractivity contribution in [2.24, 2.45) is 0 Å². The maximum absolute atomic E-state index is 13.7. The van der Waals surface area contributed by atoms with Gasteiger partial charge in [-0.25, -0.2) is 4.39 Å². The molecule has 7 heteroatoms. The van der Waals surface area contributed by atoms with Gasteiger partial charge in [-0.15, -0.1) is 0 Å². The zero-order chi connectivity index (χ0) is 19.6. The minimum absolute atomic E-state index is 0.0445. The Balaban J connectivity index is 1.94. The van der Waals surface area contributed by atoms with Crippen LogP contribution in [0.3, 0.4) is 0 Å². The predicted molar refractivity (Wildman–Crippen MR) is 105 cm³/mol. The number of nitrogens with one attached hydrogen (secondary N) is 1. The SMILES string of the molecule is CCC(Oc1ccccc1F)C(=O)Nc1cccc(CSCCC(=O)O)c1. The normalized spacial score (nSPS) is 11.6. The van der Waals surface area contributed by atoms with Gasteiger partial charge in [0.1, 0.15) is 0 Å². The number of halogens is 1. The highest BCUT2D eigenvalue weighted by atomic mass is 32.2. The molecule has 0 radical (unpaired) electrons. The number of hydrogen-bond donors (Lipinski definition) is 2. The number of amides is 1. The van der Waals surface area contributed by atoms with Crippen molar-refractivity contribution in [3.8, 4) is 5.75 Å². The average molecular weight is 391 g/mol. The lowest BCUT2D eigenvalue weighted by Crippen LogP contribution is -2.32. The molecule has 1 atom stereocenters. The van der Waals surface area contributed by atoms with E-state index in [0.29, 0.717) is 23.6 Å². The maximum Gasteiger partial charge on any atom is 0.304 e. The van der Waals surface area contributed by atoms with Gasteiger partial charge in [0.05, 0.1) is 6.42 Å². The van der Waals surface area contributed by atoms with Gasteiger partial charge in [0.15, 0.2) is 17.7 Å². The molecule has 5 nitrogen and oxygen atoms in total. The van der Waals surface area contributed by atoms with Crippen molar-refractivity contribution in [3.05, 3.63) is 59.9 Å². The van der Waals surface area contributed by atoms with E-state index in [9.17, 15) is 14.0 Å². The van der Waals surface area contributed by atoms with Gasteiger partial charge < -0.3 is 15.2 Å². The fourth-order valence-electron chi connectivity index (χ4n) is 2.33. The van der Waals surface area contributed by atoms with Crippen molar-refractivity contribution in [1.29, 1.82) is 0 Å². The second-order valence-electron chi connectivity index (χ2n) is 5.83. The molecule has 0 aliphatic heterocycles. The summed E-state index contributed by atoms with van der Waals surface area (Å²) < 4.78 is 19.2. The number of carboxylic acid groups (broad SMARTS) is 1. The van der Waals surface area contributed by atoms with E-state index >= 15 is 0 Å². The molecule has 0 fully saturated rings. The van der Waals surface area contributed by atoms with Gasteiger partial charge in [-0.3, -0.25) is 9.59 Å². The molecule has 0 spiro atoms. The molecule has 1 unspecified atom stereocenters. The van der Waals surface area contributed by atoms with Crippen molar-refractivity contribution in [1.82, 2.24) is 0 Å². The lowest BCUT2D eigenvalue weighted by atomic mass is 10.2. The van der Waals surface area contributed by atoms with Crippen LogP contribution in [0.15, 0.2) is 48.5 Å². The molecule has 27 heavy (non-hydrogen) atoms. The third-order valence-corrected chi connectivity index (χ3v) is 4.72. The summed E-state index contributed by atoms with van der Waals surface area (Å²) in [6.07, 6.45) is -0.298. The van der Waals surface area contributed by atoms with Crippen molar-refractivity contribution in [2.45, 2.75) is 31.6 Å². The maximum atomic E-state index is 13.7. The summed E-state index contributed by atoms with van der Waals surface area (Å²) in [5, 5.41) is 11.4. The summed E-state index contributed by atoms with van der Waals surface area (Å²) >= 11 is 1.52. The molecular formula is C20H22FNO4S. The van der Waals surface area contributed by atoms with Gasteiger partial charge in [0.2, 0.25) is 0 Å². The largest absolute Gasteiger partial charge is 0.481 e. The zero-order valence-electron chi connectivity index (χ0n) is 15.0. The van der Waals surface area contributed by atoms with Crippen LogP contribution in [0.2, 0.25) is 0 Å². The first kappa shape index (κ1) is 20.8. The predicted octanol–water partition coefficient (Wildman–Crippen LogP) is 4.33. The molecule has 0 bridgehead atoms. The van der Waals surface area contributed by atoms with Crippen LogP contribution in [0.25, 0.3) is 0 Å². The number of carbonyl (C=O) groups excluding carboxylic acids is 1. The van der Waals surface area contributed by atoms with Crippen LogP contribution >= 0.6 is 11.8 Å². The number of hydrogen-bond acceptors (Lipinski definition) is 4. The molecule has 144 valence electrons. The Bertz CT molecular complexity index is 784. The van der Waals surface area contributed by atoms with Crippen molar-refractivity contribution in [2.75, 3.05) is 11.1 Å². The number of anilines is 1. The molecule has 0 saturated heterocycles. The fraction of sp³-hybridized carbons (Fsp3) is 0.300. The van der Waals surface area contributed by atoms with Crippen LogP contribution < -0.4 is 10.1 Å². The number of thioether (sulfide) groups is 1. The second kappa shape index (κ2) is 10.6. The van der Waals surface area contributed by atoms with E-state index in [-0.39, 0.29) is 18.1 Å². The van der Waals surface area contributed by atoms with E-state index in [0.717, 1.165) is 5.56 Å². The van der Waals surface area contributed by atoms with Crippen LogP contribution in [0.5, 0.6) is 5.75 Å². The number of benzene rings is 2. The van der Waals surface area contributed by atoms with Gasteiger partial charge in [0, 0.05) is 17.2 Å². The van der Waals surface area contributed by atoms with E-state index in [4.69, 9.17) is 9.84 Å². The third-order valence-electron chi connectivity index (χ3n) is 3.69. The molecule has 0 aliphatic rings. The van der Waals surface area contributed by atoms with Crippen LogP contribution in [0.1, 0.15) is 25.3 Å². The summed E-state index contributed by atoms with van der Waals surface area (Å²) in [4.78, 5) is 23.0. The lowest BCUT2D eigenvalue weighted by molar-refractivity contribution is -0.136. The molecular weight excluding hydrogens is 369 g/mol. The monoisotopic (exact) mass is 391 g/mol. The minimum Gasteiger partial charge on any atom is -0.481 e. The van der Waals surface area contributed by atoms with E-state index in [1.54, 1.807) is 25.1 Å². The third kappa shape index (κ3) is 6.94. The topological polar surface area (TPSA) is 75.6 Å². The standard InChI is InChI=1S/C20H22FNO4S/c1-2-17(26-18-9-4-3-8-16(18)21)20(25)22-15-7-5-6-14(12-15)13-27-11-10-19(23)24/h3-9,12,17H,2,10-11,13H2,1H3,(H,22,25)(H,23,24). The van der Waals surface area contributed by atoms with Crippen LogP contribution in [-0.4, -0.2) is 28.8 Å². The van der Waals surface area contributed by atoms with Gasteiger partial charge in [-0.1, -0.05) is 31.2 Å². The molecule has 2 aromatic carbocycles. The summed E-state index contributed by atoms with van der Waals surface area (Å²) in [5.74, 6) is -0.451. The van der Waals surface area contributed by atoms with Gasteiger partial charge in [0.25, 0.3) is 5.91 Å². The molecule has 2 N–H and O–H groups in total. The first-order valence-corrected chi connectivity index (χ1v) is 9.75. The second-order valence-corrected chi connectivity index (χ2v) is 6.94. The number of aliphatic carboxylic acids is 1. The molecule has 0 aliphatic carbocycles. The van der Waals surface area contributed by atoms with E-state index in [1.807, 2.05) is 18.2 Å². The first-order valence-electron chi connectivity index (χ1n) is 8.60. The molecule has 2 rings (SSSR count). The molecule has 0 aromatic heterocycles. The van der Waals surface area contributed by atoms with Gasteiger partial charge in [-0.2, -0.15) is 11.8 Å². The molecule has 2 aromatic rings. The quantitative estimate of drug-likeness (QED) is 0.590. The molecule has 0 heterocycles. The van der Waals surface area contributed by atoms with Gasteiger partial charge >= 0.3 is 5.97 Å². The average Bonchev–Trinajstić information content (AvgIpc) is 2.64. The fourth-order valence-corrected chi connectivity index (χ4v) is 3.21. The number of rotatable bonds is 10. The Morgan fingerprint density at radius 3 is 2.70 bits per heavy atom. The minimum atomic E-state index is -0.816. The Hall–Kier alpha value is -2.54. The van der Waals surface area contributed by atoms with Crippen molar-refractivity contribution < 1.29 is 23.8 Å². The van der Waals surface area contributed by atoms with Crippen molar-refractivity contribution >= 4 is 29.3 Å². The Morgan fingerprint density at radius 1 is 1.22 bits per heavy atom. The van der Waals surface area contributed by atoms with E-state index < -0.39 is 17.9 Å².